The summed E-state index contributed by atoms with van der Waals surface area (Å²) in [7, 11) is 4.09. The molecule has 0 radical (unpaired) electrons. The van der Waals surface area contributed by atoms with Crippen LogP contribution in [0.3, 0.4) is 0 Å². The molecule has 0 bridgehead atoms. The van der Waals surface area contributed by atoms with E-state index >= 15 is 0 Å². The maximum Gasteiger partial charge on any atom is 2.00 e. The van der Waals surface area contributed by atoms with Gasteiger partial charge in [0.1, 0.15) is 0 Å². The molecule has 0 aliphatic heterocycles. The molecule has 0 heterocycles. The third-order valence-corrected chi connectivity index (χ3v) is 0.605. The summed E-state index contributed by atoms with van der Waals surface area (Å²) >= 11 is 0. The molecule has 0 saturated heterocycles. The largest absolute Gasteiger partial charge is 2.00 e. The van der Waals surface area contributed by atoms with Crippen LogP contribution in [0, 0.1) is 13.8 Å². The molecule has 52 valence electrons. The van der Waals surface area contributed by atoms with E-state index in [-0.39, 0.29) is 19.5 Å². The van der Waals surface area contributed by atoms with Crippen LogP contribution in [0.2, 0.25) is 0 Å². The summed E-state index contributed by atoms with van der Waals surface area (Å²) in [5, 5.41) is 0. The first-order valence-electron chi connectivity index (χ1n) is 2.92. The Bertz CT molecular complexity index is 30.1. The number of nitrogens with zero attached hydrogens (tertiary/aromatic N) is 1. The van der Waals surface area contributed by atoms with Gasteiger partial charge in [-0.1, -0.05) is 0 Å². The Morgan fingerprint density at radius 2 is 1.56 bits per heavy atom. The topological polar surface area (TPSA) is 3.24 Å². The summed E-state index contributed by atoms with van der Waals surface area (Å²) in [5.74, 6) is 0. The molecule has 0 rings (SSSR count). The fourth-order valence-electron chi connectivity index (χ4n) is 0.316. The second-order valence-electron chi connectivity index (χ2n) is 1.66. The number of hydrogen-bond donors (Lipinski definition) is 0. The normalized spacial score (nSPS) is 7.33. The van der Waals surface area contributed by atoms with Gasteiger partial charge in [0.25, 0.3) is 0 Å². The molecule has 9 heavy (non-hydrogen) atoms. The first-order chi connectivity index (χ1) is 3.77. The summed E-state index contributed by atoms with van der Waals surface area (Å²) in [6, 6.07) is 0. The summed E-state index contributed by atoms with van der Waals surface area (Å²) in [6.07, 6.45) is 1.01. The van der Waals surface area contributed by atoms with Gasteiger partial charge in [0, 0.05) is 0 Å². The monoisotopic (exact) mass is 179 g/mol. The van der Waals surface area contributed by atoms with Gasteiger partial charge in [-0.15, -0.1) is 0 Å². The molecule has 2 heteroatoms. The Balaban J connectivity index is -0.000000109. The van der Waals surface area contributed by atoms with E-state index in [9.17, 15) is 0 Å². The minimum absolute atomic E-state index is 0. The second kappa shape index (κ2) is 15.8. The molecule has 0 aromatic rings. The van der Waals surface area contributed by atoms with Gasteiger partial charge in [-0.3, -0.25) is 0 Å². The van der Waals surface area contributed by atoms with Gasteiger partial charge in [-0.25, -0.2) is 0 Å². The van der Waals surface area contributed by atoms with E-state index in [0.717, 1.165) is 13.0 Å². The van der Waals surface area contributed by atoms with Crippen molar-refractivity contribution in [2.75, 3.05) is 20.6 Å². The van der Waals surface area contributed by atoms with Gasteiger partial charge in [0.15, 0.2) is 0 Å². The molecule has 0 amide bonds. The van der Waals surface area contributed by atoms with Crippen LogP contribution < -0.4 is 0 Å². The smallest absolute Gasteiger partial charge is 0.346 e. The van der Waals surface area contributed by atoms with E-state index in [1.165, 1.54) is 0 Å². The zero-order valence-electron chi connectivity index (χ0n) is 6.98. The van der Waals surface area contributed by atoms with Crippen LogP contribution in [0.1, 0.15) is 13.3 Å². The van der Waals surface area contributed by atoms with E-state index in [1.807, 2.05) is 14.1 Å². The Morgan fingerprint density at radius 1 is 1.22 bits per heavy atom. The van der Waals surface area contributed by atoms with Crippen LogP contribution in [0.5, 0.6) is 0 Å². The fraction of sp³-hybridized carbons (Fsp3) is 0.714. The van der Waals surface area contributed by atoms with Crippen LogP contribution in [-0.4, -0.2) is 25.5 Å². The predicted octanol–water partition coefficient (Wildman–Crippen LogP) is 1.61. The first kappa shape index (κ1) is 16.3. The van der Waals surface area contributed by atoms with E-state index in [1.54, 1.807) is 6.92 Å². The minimum atomic E-state index is 0. The van der Waals surface area contributed by atoms with Gasteiger partial charge in [0.2, 0.25) is 0 Å². The Kier molecular flexibility index (Phi) is 28.7. The van der Waals surface area contributed by atoms with Crippen molar-refractivity contribution in [3.63, 3.8) is 0 Å². The Labute approximate surface area is 72.6 Å². The van der Waals surface area contributed by atoms with Gasteiger partial charge >= 0.3 is 19.5 Å². The first-order valence-corrected chi connectivity index (χ1v) is 2.92. The van der Waals surface area contributed by atoms with Crippen LogP contribution >= 0.6 is 0 Å². The molecule has 0 atom stereocenters. The summed E-state index contributed by atoms with van der Waals surface area (Å²) in [5.41, 5.74) is 0. The van der Waals surface area contributed by atoms with Crippen molar-refractivity contribution in [3.8, 4) is 0 Å². The van der Waals surface area contributed by atoms with Crippen molar-refractivity contribution in [1.29, 1.82) is 0 Å². The van der Waals surface area contributed by atoms with E-state index in [4.69, 9.17) is 0 Å². The molecule has 0 N–H and O–H groups in total. The maximum absolute atomic E-state index is 3.68. The molecule has 0 unspecified atom stereocenters. The molecular weight excluding hydrogens is 163 g/mol. The average Bonchev–Trinajstić information content (AvgIpc) is 1.72. The van der Waals surface area contributed by atoms with Gasteiger partial charge in [0.05, 0.1) is 0 Å². The summed E-state index contributed by atoms with van der Waals surface area (Å²) in [6.45, 7) is 9.78. The van der Waals surface area contributed by atoms with Gasteiger partial charge in [-0.2, -0.15) is 13.3 Å². The predicted molar refractivity (Wildman–Crippen MR) is 39.6 cm³/mol. The molecular formula is C7H17NZn. The number of hydrogen-bond acceptors (Lipinski definition) is 1. The maximum atomic E-state index is 3.68. The zero-order valence-corrected chi connectivity index (χ0v) is 9.95. The average molecular weight is 181 g/mol. The molecule has 0 fully saturated rings. The minimum Gasteiger partial charge on any atom is -0.346 e. The molecule has 0 aliphatic carbocycles. The van der Waals surface area contributed by atoms with Crippen molar-refractivity contribution in [1.82, 2.24) is 4.90 Å². The third kappa shape index (κ3) is 29.0. The van der Waals surface area contributed by atoms with Crippen LogP contribution in [0.15, 0.2) is 0 Å². The summed E-state index contributed by atoms with van der Waals surface area (Å²) in [4.78, 5) is 2.12. The Hall–Kier alpha value is 0.583. The van der Waals surface area contributed by atoms with E-state index in [2.05, 4.69) is 18.7 Å². The standard InChI is InChI=1S/C5H12N.C2H5.Zn/c1-4-5-6(2)3;1-2;/h1,4-5H2,2-3H3;1H2,2H3;/q2*-1;+2. The fourth-order valence-corrected chi connectivity index (χ4v) is 0.316. The van der Waals surface area contributed by atoms with Crippen LogP contribution in [-0.2, 0) is 19.5 Å². The summed E-state index contributed by atoms with van der Waals surface area (Å²) < 4.78 is 0. The van der Waals surface area contributed by atoms with Gasteiger partial charge < -0.3 is 18.7 Å². The van der Waals surface area contributed by atoms with Crippen molar-refractivity contribution >= 4 is 0 Å². The molecule has 0 spiro atoms. The van der Waals surface area contributed by atoms with Crippen molar-refractivity contribution in [2.45, 2.75) is 13.3 Å². The SMILES string of the molecule is [CH2-]C.[CH2-]CCN(C)C.[Zn+2]. The second-order valence-corrected chi connectivity index (χ2v) is 1.66. The van der Waals surface area contributed by atoms with E-state index in [0.29, 0.717) is 0 Å². The molecule has 1 nitrogen and oxygen atoms in total. The molecule has 0 aromatic carbocycles. The third-order valence-electron chi connectivity index (χ3n) is 0.605. The molecule has 0 aromatic heterocycles. The quantitative estimate of drug-likeness (QED) is 0.461. The van der Waals surface area contributed by atoms with E-state index < -0.39 is 0 Å². The molecule has 0 aliphatic rings. The van der Waals surface area contributed by atoms with Crippen LogP contribution in [0.25, 0.3) is 0 Å². The number of rotatable bonds is 2. The Morgan fingerprint density at radius 3 is 1.56 bits per heavy atom. The van der Waals surface area contributed by atoms with Gasteiger partial charge in [-0.05, 0) is 20.6 Å². The van der Waals surface area contributed by atoms with Crippen molar-refractivity contribution < 1.29 is 19.5 Å². The van der Waals surface area contributed by atoms with Crippen molar-refractivity contribution in [2.24, 2.45) is 0 Å². The van der Waals surface area contributed by atoms with Crippen LogP contribution in [0.4, 0.5) is 0 Å². The molecule has 0 saturated carbocycles. The van der Waals surface area contributed by atoms with Crippen molar-refractivity contribution in [3.05, 3.63) is 13.8 Å². The zero-order chi connectivity index (χ0) is 6.99.